The van der Waals surface area contributed by atoms with Crippen molar-refractivity contribution in [3.8, 4) is 11.5 Å². The molecular weight excluding hydrogens is 1110 g/mol. The molecule has 8 rings (SSSR count). The van der Waals surface area contributed by atoms with E-state index in [9.17, 15) is 61.8 Å². The van der Waals surface area contributed by atoms with E-state index >= 15 is 0 Å². The molecule has 8 aromatic carbocycles. The zero-order valence-electron chi connectivity index (χ0n) is 40.5. The molecule has 76 heavy (non-hydrogen) atoms. The third kappa shape index (κ3) is 14.7. The molecule has 0 heterocycles. The van der Waals surface area contributed by atoms with Gasteiger partial charge in [0.25, 0.3) is 46.4 Å². The summed E-state index contributed by atoms with van der Waals surface area (Å²) in [5, 5.41) is 39.5. The van der Waals surface area contributed by atoms with Crippen molar-refractivity contribution in [2.24, 2.45) is 30.7 Å². The van der Waals surface area contributed by atoms with Crippen LogP contribution in [-0.4, -0.2) is 188 Å². The van der Waals surface area contributed by atoms with E-state index in [-0.39, 0.29) is 203 Å². The number of carbonyl (C=O) groups is 1. The average Bonchev–Trinajstić information content (AvgIpc) is 3.31. The number of nitrogens with zero attached hydrogens (tertiary/aromatic N) is 6. The van der Waals surface area contributed by atoms with Crippen LogP contribution in [0.4, 0.5) is 45.5 Å². The first kappa shape index (κ1) is 64.4. The van der Waals surface area contributed by atoms with Crippen molar-refractivity contribution in [2.45, 2.75) is 26.5 Å². The van der Waals surface area contributed by atoms with Crippen LogP contribution in [0.2, 0.25) is 0 Å². The third-order valence-electron chi connectivity index (χ3n) is 10.5. The number of phenolic OH excluding ortho intramolecular Hbond substituents is 1. The number of anilines is 2. The van der Waals surface area contributed by atoms with Gasteiger partial charge in [-0.15, -0.1) is 25.6 Å². The fourth-order valence-electron chi connectivity index (χ4n) is 7.22. The standard InChI is InChI=1S/C45H34N8O15S4.4Na/c1-2-68-40-23-39(51-50-38-16-15-37(33-13-10-30(21-35(33)38)70(59,60)61)49-48-28-7-4-8-29(20-28)69(56,57)58)36-22-31(71(62,63)64)11-14-34(36)42(40)52-53-43-41(72(65,66)67)19-25-18-27(9-12-32(25)44(43)54)47-45(55)24-5-3-6-26(46)17-24;;;;/h3-23,54H,2,46H2,1H3,(H,47,55)(H,56,57,58)(H,59,60,61)(H,62,63,64)(H,65,66,67);;;;. The van der Waals surface area contributed by atoms with E-state index in [1.54, 1.807) is 19.1 Å². The maximum Gasteiger partial charge on any atom is 0.296 e. The Labute approximate surface area is 521 Å². The van der Waals surface area contributed by atoms with E-state index < -0.39 is 77.4 Å². The maximum atomic E-state index is 12.9. The van der Waals surface area contributed by atoms with Crippen molar-refractivity contribution in [3.05, 3.63) is 133 Å². The van der Waals surface area contributed by atoms with Crippen molar-refractivity contribution >= 4 is 242 Å². The van der Waals surface area contributed by atoms with Gasteiger partial charge in [-0.2, -0.15) is 38.8 Å². The number of carbonyl (C=O) groups excluding carboxylic acids is 1. The minimum absolute atomic E-state index is 0. The summed E-state index contributed by atoms with van der Waals surface area (Å²) >= 11 is 0. The Balaban J connectivity index is 0.00000312. The number of amides is 1. The smallest absolute Gasteiger partial charge is 0.296 e. The molecule has 0 aliphatic carbocycles. The maximum absolute atomic E-state index is 12.9. The van der Waals surface area contributed by atoms with Gasteiger partial charge in [-0.05, 0) is 109 Å². The number of rotatable bonds is 14. The molecule has 0 bridgehead atoms. The predicted octanol–water partition coefficient (Wildman–Crippen LogP) is 8.79. The first-order valence-corrected chi connectivity index (χ1v) is 26.2. The first-order valence-electron chi connectivity index (χ1n) is 20.4. The SMILES string of the molecule is CCOc1cc(N=Nc2ccc(N=Nc3cccc(S(=O)(=O)O)c3)c3ccc(S(=O)(=O)O)cc23)c2cc(S(=O)(=O)O)ccc2c1N=Nc1c(S(=O)(=O)O)cc2cc(NC(=O)c3cccc(N)c3)ccc2c1O.[Na].[Na].[Na].[Na]. The molecule has 4 radical (unpaired) electrons. The molecular formula is C45H34N8Na4O15S4. The summed E-state index contributed by atoms with van der Waals surface area (Å²) in [6.07, 6.45) is 0. The molecule has 0 saturated carbocycles. The Morgan fingerprint density at radius 2 is 1.07 bits per heavy atom. The van der Waals surface area contributed by atoms with Crippen LogP contribution < -0.4 is 15.8 Å². The number of azo groups is 3. The van der Waals surface area contributed by atoms with Crippen molar-refractivity contribution < 1.29 is 66.5 Å². The summed E-state index contributed by atoms with van der Waals surface area (Å²) in [6, 6.07) is 26.7. The van der Waals surface area contributed by atoms with E-state index in [0.717, 1.165) is 42.5 Å². The van der Waals surface area contributed by atoms with Gasteiger partial charge in [0.05, 0.1) is 44.0 Å². The van der Waals surface area contributed by atoms with Crippen LogP contribution in [0.15, 0.2) is 178 Å². The molecule has 23 nitrogen and oxygen atoms in total. The average molecular weight is 1150 g/mol. The van der Waals surface area contributed by atoms with Crippen molar-refractivity contribution in [1.82, 2.24) is 0 Å². The van der Waals surface area contributed by atoms with Crippen LogP contribution in [0.3, 0.4) is 0 Å². The van der Waals surface area contributed by atoms with Crippen LogP contribution >= 0.6 is 0 Å². The quantitative estimate of drug-likeness (QED) is 0.0231. The number of aromatic hydroxyl groups is 1. The number of nitrogen functional groups attached to an aromatic ring is 1. The Bertz CT molecular complexity index is 4180. The van der Waals surface area contributed by atoms with Gasteiger partial charge in [-0.3, -0.25) is 23.0 Å². The van der Waals surface area contributed by atoms with Gasteiger partial charge in [-0.25, -0.2) is 0 Å². The monoisotopic (exact) mass is 1150 g/mol. The van der Waals surface area contributed by atoms with Gasteiger partial charge in [-0.1, -0.05) is 24.3 Å². The molecule has 0 aliphatic rings. The Hall–Kier alpha value is -4.15. The van der Waals surface area contributed by atoms with Crippen molar-refractivity contribution in [3.63, 3.8) is 0 Å². The van der Waals surface area contributed by atoms with E-state index in [0.29, 0.717) is 5.69 Å². The Morgan fingerprint density at radius 3 is 1.67 bits per heavy atom. The number of ether oxygens (including phenoxy) is 1. The Kier molecular flexibility index (Phi) is 21.8. The first-order chi connectivity index (χ1) is 33.9. The summed E-state index contributed by atoms with van der Waals surface area (Å²) < 4.78 is 144. The molecule has 0 fully saturated rings. The molecule has 8 aromatic rings. The molecule has 1 amide bonds. The minimum atomic E-state index is -5.17. The summed E-state index contributed by atoms with van der Waals surface area (Å²) in [5.41, 5.74) is 5.51. The summed E-state index contributed by atoms with van der Waals surface area (Å²) in [7, 11) is -19.4. The summed E-state index contributed by atoms with van der Waals surface area (Å²) in [5.74, 6) is -1.44. The fourth-order valence-corrected chi connectivity index (χ4v) is 9.41. The van der Waals surface area contributed by atoms with Gasteiger partial charge in [0.1, 0.15) is 22.0 Å². The largest absolute Gasteiger partial charge is 0.505 e. The topological polar surface area (TPSA) is 376 Å². The predicted molar refractivity (Wildman–Crippen MR) is 285 cm³/mol. The van der Waals surface area contributed by atoms with Gasteiger partial charge < -0.3 is 20.9 Å². The van der Waals surface area contributed by atoms with E-state index in [1.165, 1.54) is 72.8 Å². The van der Waals surface area contributed by atoms with Gasteiger partial charge in [0, 0.05) is 168 Å². The van der Waals surface area contributed by atoms with Crippen LogP contribution in [0.5, 0.6) is 11.5 Å². The minimum Gasteiger partial charge on any atom is -0.505 e. The molecule has 0 aromatic heterocycles. The molecule has 0 aliphatic heterocycles. The number of nitrogens with one attached hydrogen (secondary N) is 1. The Morgan fingerprint density at radius 1 is 0.526 bits per heavy atom. The summed E-state index contributed by atoms with van der Waals surface area (Å²) in [4.78, 5) is 10.4. The second kappa shape index (κ2) is 25.8. The molecule has 0 atom stereocenters. The fraction of sp³-hybridized carbons (Fsp3) is 0.0444. The van der Waals surface area contributed by atoms with Crippen LogP contribution in [0, 0.1) is 0 Å². The second-order valence-electron chi connectivity index (χ2n) is 15.3. The number of hydrogen-bond donors (Lipinski definition) is 7. The third-order valence-corrected chi connectivity index (χ3v) is 13.9. The number of hydrogen-bond acceptors (Lipinski definition) is 18. The molecule has 0 saturated heterocycles. The van der Waals surface area contributed by atoms with E-state index in [2.05, 4.69) is 36.0 Å². The number of benzene rings is 8. The van der Waals surface area contributed by atoms with Crippen molar-refractivity contribution in [2.75, 3.05) is 17.7 Å². The number of fused-ring (bicyclic) bond motifs is 3. The van der Waals surface area contributed by atoms with Crippen LogP contribution in [0.1, 0.15) is 17.3 Å². The van der Waals surface area contributed by atoms with E-state index in [1.807, 2.05) is 0 Å². The molecule has 372 valence electrons. The van der Waals surface area contributed by atoms with Crippen LogP contribution in [-0.2, 0) is 40.5 Å². The van der Waals surface area contributed by atoms with Gasteiger partial charge in [0.15, 0.2) is 5.75 Å². The molecule has 0 spiro atoms. The molecule has 31 heteroatoms. The zero-order valence-corrected chi connectivity index (χ0v) is 51.8. The molecule has 0 unspecified atom stereocenters. The normalized spacial score (nSPS) is 12.1. The number of nitrogens with two attached hydrogens (primary N) is 1. The van der Waals surface area contributed by atoms with E-state index in [4.69, 9.17) is 10.5 Å². The summed E-state index contributed by atoms with van der Waals surface area (Å²) in [6.45, 7) is 1.55. The van der Waals surface area contributed by atoms with Crippen molar-refractivity contribution in [1.29, 1.82) is 0 Å². The van der Waals surface area contributed by atoms with Gasteiger partial charge in [0.2, 0.25) is 0 Å². The molecule has 8 N–H and O–H groups in total. The number of phenols is 1. The van der Waals surface area contributed by atoms with Gasteiger partial charge >= 0.3 is 0 Å². The van der Waals surface area contributed by atoms with Crippen LogP contribution in [0.25, 0.3) is 32.3 Å². The zero-order chi connectivity index (χ0) is 51.9. The second-order valence-corrected chi connectivity index (χ2v) is 20.9.